The first-order chi connectivity index (χ1) is 8.81. The summed E-state index contributed by atoms with van der Waals surface area (Å²) >= 11 is 0. The number of carboxylic acids is 1. The van der Waals surface area contributed by atoms with E-state index in [9.17, 15) is 13.6 Å². The summed E-state index contributed by atoms with van der Waals surface area (Å²) in [5.74, 6) is -2.55. The molecule has 2 unspecified atom stereocenters. The van der Waals surface area contributed by atoms with Crippen LogP contribution in [0.1, 0.15) is 38.8 Å². The van der Waals surface area contributed by atoms with Crippen LogP contribution < -0.4 is 5.32 Å². The van der Waals surface area contributed by atoms with Crippen LogP contribution in [0.2, 0.25) is 0 Å². The van der Waals surface area contributed by atoms with Gasteiger partial charge < -0.3 is 5.11 Å². The first kappa shape index (κ1) is 15.6. The van der Waals surface area contributed by atoms with Gasteiger partial charge in [-0.1, -0.05) is 19.9 Å². The Labute approximate surface area is 111 Å². The standard InChI is InChI=1S/C14H19F2NO2/c1-8(2)6-13(14(18)19)17-9(3)10-4-5-11(15)12(16)7-10/h4-5,7-9,13,17H,6H2,1-3H3,(H,18,19). The summed E-state index contributed by atoms with van der Waals surface area (Å²) in [4.78, 5) is 11.1. The minimum absolute atomic E-state index is 0.228. The lowest BCUT2D eigenvalue weighted by molar-refractivity contribution is -0.140. The molecule has 1 aromatic rings. The smallest absolute Gasteiger partial charge is 0.320 e. The lowest BCUT2D eigenvalue weighted by Crippen LogP contribution is -2.39. The number of carbonyl (C=O) groups is 1. The second-order valence-electron chi connectivity index (χ2n) is 5.08. The van der Waals surface area contributed by atoms with Gasteiger partial charge in [0.15, 0.2) is 11.6 Å². The average Bonchev–Trinajstić information content (AvgIpc) is 2.31. The fourth-order valence-electron chi connectivity index (χ4n) is 1.89. The van der Waals surface area contributed by atoms with Crippen molar-refractivity contribution in [2.75, 3.05) is 0 Å². The van der Waals surface area contributed by atoms with Gasteiger partial charge in [0.1, 0.15) is 6.04 Å². The zero-order chi connectivity index (χ0) is 14.6. The molecule has 0 spiro atoms. The molecule has 0 radical (unpaired) electrons. The van der Waals surface area contributed by atoms with E-state index in [-0.39, 0.29) is 12.0 Å². The number of carboxylic acid groups (broad SMARTS) is 1. The largest absolute Gasteiger partial charge is 0.480 e. The normalized spacial score (nSPS) is 14.4. The Balaban J connectivity index is 2.78. The molecule has 1 rings (SSSR count). The molecule has 0 bridgehead atoms. The summed E-state index contributed by atoms with van der Waals surface area (Å²) < 4.78 is 26.0. The van der Waals surface area contributed by atoms with Crippen molar-refractivity contribution in [3.8, 4) is 0 Å². The van der Waals surface area contributed by atoms with E-state index in [1.54, 1.807) is 6.92 Å². The van der Waals surface area contributed by atoms with Gasteiger partial charge in [-0.2, -0.15) is 0 Å². The van der Waals surface area contributed by atoms with Crippen LogP contribution in [-0.4, -0.2) is 17.1 Å². The summed E-state index contributed by atoms with van der Waals surface area (Å²) in [6.07, 6.45) is 0.476. The van der Waals surface area contributed by atoms with E-state index in [1.165, 1.54) is 6.07 Å². The summed E-state index contributed by atoms with van der Waals surface area (Å²) in [7, 11) is 0. The molecule has 106 valence electrons. The van der Waals surface area contributed by atoms with E-state index in [1.807, 2.05) is 13.8 Å². The molecule has 2 atom stereocenters. The highest BCUT2D eigenvalue weighted by molar-refractivity contribution is 5.73. The SMILES string of the molecule is CC(C)CC(NC(C)c1ccc(F)c(F)c1)C(=O)O. The van der Waals surface area contributed by atoms with Crippen LogP contribution in [0.25, 0.3) is 0 Å². The number of hydrogen-bond acceptors (Lipinski definition) is 2. The van der Waals surface area contributed by atoms with E-state index < -0.39 is 23.6 Å². The molecule has 0 saturated heterocycles. The van der Waals surface area contributed by atoms with E-state index in [2.05, 4.69) is 5.32 Å². The Hall–Kier alpha value is -1.49. The quantitative estimate of drug-likeness (QED) is 0.835. The highest BCUT2D eigenvalue weighted by Crippen LogP contribution is 2.18. The van der Waals surface area contributed by atoms with Crippen LogP contribution in [0.3, 0.4) is 0 Å². The molecule has 0 amide bonds. The van der Waals surface area contributed by atoms with Gasteiger partial charge >= 0.3 is 5.97 Å². The molecule has 1 aromatic carbocycles. The second kappa shape index (κ2) is 6.61. The van der Waals surface area contributed by atoms with Crippen molar-refractivity contribution in [3.05, 3.63) is 35.4 Å². The summed E-state index contributed by atoms with van der Waals surface area (Å²) in [6, 6.07) is 2.50. The highest BCUT2D eigenvalue weighted by atomic mass is 19.2. The molecule has 0 aliphatic rings. The maximum absolute atomic E-state index is 13.1. The van der Waals surface area contributed by atoms with Gasteiger partial charge in [0.05, 0.1) is 0 Å². The van der Waals surface area contributed by atoms with Crippen LogP contribution in [-0.2, 0) is 4.79 Å². The van der Waals surface area contributed by atoms with Crippen molar-refractivity contribution < 1.29 is 18.7 Å². The Morgan fingerprint density at radius 1 is 1.26 bits per heavy atom. The topological polar surface area (TPSA) is 49.3 Å². The molecule has 2 N–H and O–H groups in total. The van der Waals surface area contributed by atoms with E-state index in [0.717, 1.165) is 12.1 Å². The third kappa shape index (κ3) is 4.59. The van der Waals surface area contributed by atoms with Crippen LogP contribution in [0.4, 0.5) is 8.78 Å². The molecule has 5 heteroatoms. The third-order valence-corrected chi connectivity index (χ3v) is 2.90. The molecule has 0 aliphatic heterocycles. The maximum atomic E-state index is 13.1. The second-order valence-corrected chi connectivity index (χ2v) is 5.08. The maximum Gasteiger partial charge on any atom is 0.320 e. The summed E-state index contributed by atoms with van der Waals surface area (Å²) in [5.41, 5.74) is 0.522. The highest BCUT2D eigenvalue weighted by Gasteiger charge is 2.21. The molecule has 0 fully saturated rings. The van der Waals surface area contributed by atoms with Crippen molar-refractivity contribution in [3.63, 3.8) is 0 Å². The van der Waals surface area contributed by atoms with Gasteiger partial charge in [-0.3, -0.25) is 10.1 Å². The lowest BCUT2D eigenvalue weighted by atomic mass is 10.0. The number of halogens is 2. The Kier molecular flexibility index (Phi) is 5.42. The molecule has 0 saturated carbocycles. The molecule has 0 aromatic heterocycles. The van der Waals surface area contributed by atoms with Gasteiger partial charge in [-0.05, 0) is 37.0 Å². The Morgan fingerprint density at radius 2 is 1.89 bits per heavy atom. The van der Waals surface area contributed by atoms with Crippen LogP contribution >= 0.6 is 0 Å². The van der Waals surface area contributed by atoms with Gasteiger partial charge in [-0.15, -0.1) is 0 Å². The van der Waals surface area contributed by atoms with E-state index in [4.69, 9.17) is 5.11 Å². The van der Waals surface area contributed by atoms with E-state index in [0.29, 0.717) is 12.0 Å². The molecular formula is C14H19F2NO2. The number of nitrogens with one attached hydrogen (secondary N) is 1. The van der Waals surface area contributed by atoms with Crippen LogP contribution in [0, 0.1) is 17.6 Å². The predicted octanol–water partition coefficient (Wildman–Crippen LogP) is 3.11. The number of rotatable bonds is 6. The number of aliphatic carboxylic acids is 1. The minimum Gasteiger partial charge on any atom is -0.480 e. The summed E-state index contributed by atoms with van der Waals surface area (Å²) in [6.45, 7) is 5.59. The van der Waals surface area contributed by atoms with Crippen molar-refractivity contribution in [1.82, 2.24) is 5.32 Å². The summed E-state index contributed by atoms with van der Waals surface area (Å²) in [5, 5.41) is 12.0. The van der Waals surface area contributed by atoms with Gasteiger partial charge in [0.25, 0.3) is 0 Å². The number of benzene rings is 1. The molecule has 3 nitrogen and oxygen atoms in total. The fourth-order valence-corrected chi connectivity index (χ4v) is 1.89. The molecule has 0 heterocycles. The first-order valence-corrected chi connectivity index (χ1v) is 6.25. The fraction of sp³-hybridized carbons (Fsp3) is 0.500. The van der Waals surface area contributed by atoms with Gasteiger partial charge in [0, 0.05) is 6.04 Å². The van der Waals surface area contributed by atoms with Crippen molar-refractivity contribution in [1.29, 1.82) is 0 Å². The van der Waals surface area contributed by atoms with Crippen molar-refractivity contribution in [2.45, 2.75) is 39.3 Å². The van der Waals surface area contributed by atoms with E-state index >= 15 is 0 Å². The zero-order valence-corrected chi connectivity index (χ0v) is 11.3. The Morgan fingerprint density at radius 3 is 2.37 bits per heavy atom. The molecule has 0 aliphatic carbocycles. The number of hydrogen-bond donors (Lipinski definition) is 2. The molecule has 19 heavy (non-hydrogen) atoms. The minimum atomic E-state index is -0.942. The van der Waals surface area contributed by atoms with Crippen LogP contribution in [0.5, 0.6) is 0 Å². The third-order valence-electron chi connectivity index (χ3n) is 2.90. The average molecular weight is 271 g/mol. The first-order valence-electron chi connectivity index (χ1n) is 6.25. The van der Waals surface area contributed by atoms with Crippen molar-refractivity contribution >= 4 is 5.97 Å². The monoisotopic (exact) mass is 271 g/mol. The van der Waals surface area contributed by atoms with Crippen molar-refractivity contribution in [2.24, 2.45) is 5.92 Å². The molecular weight excluding hydrogens is 252 g/mol. The zero-order valence-electron chi connectivity index (χ0n) is 11.3. The van der Waals surface area contributed by atoms with Crippen LogP contribution in [0.15, 0.2) is 18.2 Å². The Bertz CT molecular complexity index is 449. The lowest BCUT2D eigenvalue weighted by Gasteiger charge is -2.22. The van der Waals surface area contributed by atoms with Gasteiger partial charge in [0.2, 0.25) is 0 Å². The predicted molar refractivity (Wildman–Crippen MR) is 68.8 cm³/mol. The van der Waals surface area contributed by atoms with Gasteiger partial charge in [-0.25, -0.2) is 8.78 Å².